The summed E-state index contributed by atoms with van der Waals surface area (Å²) in [5.74, 6) is -0.658. The summed E-state index contributed by atoms with van der Waals surface area (Å²) in [6, 6.07) is 11.3. The molecule has 0 fully saturated rings. The van der Waals surface area contributed by atoms with Crippen molar-refractivity contribution in [2.24, 2.45) is 0 Å². The lowest BCUT2D eigenvalue weighted by molar-refractivity contribution is 0.0690. The lowest BCUT2D eigenvalue weighted by Crippen LogP contribution is -2.08. The number of aromatic nitrogens is 1. The second kappa shape index (κ2) is 5.52. The molecular formula is C15H15NO3. The van der Waals surface area contributed by atoms with Crippen molar-refractivity contribution < 1.29 is 14.6 Å². The predicted molar refractivity (Wildman–Crippen MR) is 71.4 cm³/mol. The fourth-order valence-electron chi connectivity index (χ4n) is 1.90. The number of aryl methyl sites for hydroxylation is 2. The molecule has 4 heteroatoms. The van der Waals surface area contributed by atoms with Crippen LogP contribution in [0.1, 0.15) is 27.3 Å². The number of hydrogen-bond acceptors (Lipinski definition) is 3. The smallest absolute Gasteiger partial charge is 0.341 e. The zero-order chi connectivity index (χ0) is 13.8. The van der Waals surface area contributed by atoms with Crippen LogP contribution in [0.2, 0.25) is 0 Å². The first-order valence-electron chi connectivity index (χ1n) is 5.96. The van der Waals surface area contributed by atoms with Crippen LogP contribution >= 0.6 is 0 Å². The molecule has 1 heterocycles. The van der Waals surface area contributed by atoms with E-state index in [0.29, 0.717) is 18.1 Å². The van der Waals surface area contributed by atoms with E-state index in [2.05, 4.69) is 4.98 Å². The van der Waals surface area contributed by atoms with Gasteiger partial charge in [-0.3, -0.25) is 4.98 Å². The highest BCUT2D eigenvalue weighted by Gasteiger charge is 2.16. The number of hydrogen-bond donors (Lipinski definition) is 1. The van der Waals surface area contributed by atoms with Crippen molar-refractivity contribution in [3.8, 4) is 5.75 Å². The van der Waals surface area contributed by atoms with Gasteiger partial charge in [-0.25, -0.2) is 4.79 Å². The number of carboxylic acid groups (broad SMARTS) is 1. The number of pyridine rings is 1. The van der Waals surface area contributed by atoms with Crippen molar-refractivity contribution in [3.05, 3.63) is 58.9 Å². The van der Waals surface area contributed by atoms with E-state index in [1.807, 2.05) is 37.3 Å². The van der Waals surface area contributed by atoms with Crippen LogP contribution in [0.25, 0.3) is 0 Å². The maximum Gasteiger partial charge on any atom is 0.341 e. The Hall–Kier alpha value is -2.36. The van der Waals surface area contributed by atoms with E-state index in [4.69, 9.17) is 4.74 Å². The third-order valence-electron chi connectivity index (χ3n) is 2.74. The predicted octanol–water partition coefficient (Wildman–Crippen LogP) is 2.98. The normalized spacial score (nSPS) is 10.2. The Labute approximate surface area is 111 Å². The Kier molecular flexibility index (Phi) is 3.80. The highest BCUT2D eigenvalue weighted by atomic mass is 16.5. The van der Waals surface area contributed by atoms with E-state index in [0.717, 1.165) is 11.3 Å². The van der Waals surface area contributed by atoms with Gasteiger partial charge < -0.3 is 9.84 Å². The molecule has 0 spiro atoms. The highest BCUT2D eigenvalue weighted by molar-refractivity contribution is 5.92. The minimum atomic E-state index is -1.02. The van der Waals surface area contributed by atoms with Gasteiger partial charge in [0.2, 0.25) is 0 Å². The molecule has 0 radical (unpaired) electrons. The first kappa shape index (κ1) is 13.1. The number of carbonyl (C=O) groups is 1. The maximum atomic E-state index is 11.2. The number of aromatic carboxylic acids is 1. The Morgan fingerprint density at radius 3 is 2.58 bits per heavy atom. The van der Waals surface area contributed by atoms with Gasteiger partial charge in [-0.2, -0.15) is 0 Å². The van der Waals surface area contributed by atoms with Gasteiger partial charge >= 0.3 is 5.97 Å². The van der Waals surface area contributed by atoms with Gasteiger partial charge in [0.1, 0.15) is 17.9 Å². The lowest BCUT2D eigenvalue weighted by Gasteiger charge is -2.11. The average Bonchev–Trinajstić information content (AvgIpc) is 2.36. The molecule has 98 valence electrons. The van der Waals surface area contributed by atoms with Crippen molar-refractivity contribution in [2.45, 2.75) is 20.5 Å². The quantitative estimate of drug-likeness (QED) is 0.914. The van der Waals surface area contributed by atoms with E-state index in [-0.39, 0.29) is 5.56 Å². The number of ether oxygens (including phenoxy) is 1. The molecule has 0 aliphatic heterocycles. The molecule has 0 aliphatic carbocycles. The number of benzene rings is 1. The first-order chi connectivity index (χ1) is 9.08. The summed E-state index contributed by atoms with van der Waals surface area (Å²) >= 11 is 0. The molecule has 1 N–H and O–H groups in total. The molecule has 19 heavy (non-hydrogen) atoms. The zero-order valence-corrected chi connectivity index (χ0v) is 10.9. The molecular weight excluding hydrogens is 242 g/mol. The first-order valence-corrected chi connectivity index (χ1v) is 5.96. The lowest BCUT2D eigenvalue weighted by atomic mass is 10.1. The fourth-order valence-corrected chi connectivity index (χ4v) is 1.90. The summed E-state index contributed by atoms with van der Waals surface area (Å²) in [6.45, 7) is 3.82. The molecule has 0 atom stereocenters. The van der Waals surface area contributed by atoms with Gasteiger partial charge in [0.05, 0.1) is 5.69 Å². The molecule has 0 saturated heterocycles. The van der Waals surface area contributed by atoms with Crippen molar-refractivity contribution in [2.75, 3.05) is 0 Å². The van der Waals surface area contributed by atoms with Crippen molar-refractivity contribution >= 4 is 5.97 Å². The summed E-state index contributed by atoms with van der Waals surface area (Å²) in [6.07, 6.45) is 0. The standard InChI is InChI=1S/C15H15NO3/c1-10-8-13(14(15(17)18)11(2)16-10)19-9-12-6-4-3-5-7-12/h3-8H,9H2,1-2H3,(H,17,18). The summed E-state index contributed by atoms with van der Waals surface area (Å²) < 4.78 is 5.63. The molecule has 2 aromatic rings. The van der Waals surface area contributed by atoms with Crippen LogP contribution in [-0.2, 0) is 6.61 Å². The van der Waals surface area contributed by atoms with Gasteiger partial charge in [-0.1, -0.05) is 30.3 Å². The molecule has 0 unspecified atom stereocenters. The Balaban J connectivity index is 2.27. The Morgan fingerprint density at radius 2 is 1.95 bits per heavy atom. The molecule has 0 bridgehead atoms. The molecule has 4 nitrogen and oxygen atoms in total. The van der Waals surface area contributed by atoms with Crippen LogP contribution in [-0.4, -0.2) is 16.1 Å². The van der Waals surface area contributed by atoms with Crippen LogP contribution in [0.3, 0.4) is 0 Å². The minimum Gasteiger partial charge on any atom is -0.488 e. The van der Waals surface area contributed by atoms with E-state index in [9.17, 15) is 9.90 Å². The van der Waals surface area contributed by atoms with Crippen molar-refractivity contribution in [1.82, 2.24) is 4.98 Å². The second-order valence-electron chi connectivity index (χ2n) is 4.30. The van der Waals surface area contributed by atoms with Crippen LogP contribution in [0.15, 0.2) is 36.4 Å². The molecule has 2 rings (SSSR count). The van der Waals surface area contributed by atoms with Crippen LogP contribution < -0.4 is 4.74 Å². The third kappa shape index (κ3) is 3.10. The van der Waals surface area contributed by atoms with Gasteiger partial charge in [-0.15, -0.1) is 0 Å². The fraction of sp³-hybridized carbons (Fsp3) is 0.200. The van der Waals surface area contributed by atoms with Crippen LogP contribution in [0.5, 0.6) is 5.75 Å². The Bertz CT molecular complexity index is 594. The van der Waals surface area contributed by atoms with Gasteiger partial charge in [-0.05, 0) is 19.4 Å². The molecule has 1 aromatic heterocycles. The molecule has 0 saturated carbocycles. The molecule has 1 aromatic carbocycles. The van der Waals surface area contributed by atoms with E-state index < -0.39 is 5.97 Å². The molecule has 0 amide bonds. The Morgan fingerprint density at radius 1 is 1.26 bits per heavy atom. The summed E-state index contributed by atoms with van der Waals surface area (Å²) in [5, 5.41) is 9.21. The van der Waals surface area contributed by atoms with Gasteiger partial charge in [0, 0.05) is 11.8 Å². The summed E-state index contributed by atoms with van der Waals surface area (Å²) in [7, 11) is 0. The van der Waals surface area contributed by atoms with Gasteiger partial charge in [0.15, 0.2) is 0 Å². The average molecular weight is 257 g/mol. The topological polar surface area (TPSA) is 59.4 Å². The van der Waals surface area contributed by atoms with Crippen molar-refractivity contribution in [1.29, 1.82) is 0 Å². The number of carboxylic acids is 1. The number of rotatable bonds is 4. The van der Waals surface area contributed by atoms with Gasteiger partial charge in [0.25, 0.3) is 0 Å². The maximum absolute atomic E-state index is 11.2. The van der Waals surface area contributed by atoms with Crippen molar-refractivity contribution in [3.63, 3.8) is 0 Å². The van der Waals surface area contributed by atoms with E-state index >= 15 is 0 Å². The van der Waals surface area contributed by atoms with E-state index in [1.54, 1.807) is 13.0 Å². The number of nitrogens with zero attached hydrogens (tertiary/aromatic N) is 1. The summed E-state index contributed by atoms with van der Waals surface area (Å²) in [4.78, 5) is 15.4. The van der Waals surface area contributed by atoms with Crippen LogP contribution in [0.4, 0.5) is 0 Å². The third-order valence-corrected chi connectivity index (χ3v) is 2.74. The monoisotopic (exact) mass is 257 g/mol. The molecule has 0 aliphatic rings. The summed E-state index contributed by atoms with van der Waals surface area (Å²) in [5.41, 5.74) is 2.33. The SMILES string of the molecule is Cc1cc(OCc2ccccc2)c(C(=O)O)c(C)n1. The minimum absolute atomic E-state index is 0.126. The zero-order valence-electron chi connectivity index (χ0n) is 10.9. The second-order valence-corrected chi connectivity index (χ2v) is 4.30. The largest absolute Gasteiger partial charge is 0.488 e. The van der Waals surface area contributed by atoms with E-state index in [1.165, 1.54) is 0 Å². The van der Waals surface area contributed by atoms with Crippen LogP contribution in [0, 0.1) is 13.8 Å². The highest BCUT2D eigenvalue weighted by Crippen LogP contribution is 2.23.